The molecule has 0 radical (unpaired) electrons. The van der Waals surface area contributed by atoms with Crippen LogP contribution in [0, 0.1) is 0 Å². The van der Waals surface area contributed by atoms with Crippen LogP contribution in [-0.4, -0.2) is 23.4 Å². The second kappa shape index (κ2) is 6.76. The van der Waals surface area contributed by atoms with Gasteiger partial charge in [0.05, 0.1) is 0 Å². The Morgan fingerprint density at radius 2 is 2.00 bits per heavy atom. The number of benzene rings is 1. The van der Waals surface area contributed by atoms with Crippen LogP contribution in [-0.2, 0) is 4.79 Å². The van der Waals surface area contributed by atoms with Crippen LogP contribution in [0.15, 0.2) is 30.3 Å². The number of nitrogens with zero attached hydrogens (tertiary/aromatic N) is 1. The van der Waals surface area contributed by atoms with Gasteiger partial charge >= 0.3 is 0 Å². The molecular weight excluding hydrogens is 248 g/mol. The number of halogens is 1. The number of nitrogens with two attached hydrogens (primary N) is 1. The third-order valence-corrected chi connectivity index (χ3v) is 3.27. The van der Waals surface area contributed by atoms with Crippen molar-refractivity contribution in [3.63, 3.8) is 0 Å². The quantitative estimate of drug-likeness (QED) is 0.892. The van der Waals surface area contributed by atoms with Gasteiger partial charge in [-0.2, -0.15) is 0 Å². The van der Waals surface area contributed by atoms with Gasteiger partial charge in [0.25, 0.3) is 0 Å². The second-order valence-electron chi connectivity index (χ2n) is 4.63. The van der Waals surface area contributed by atoms with Crippen molar-refractivity contribution in [2.24, 2.45) is 5.73 Å². The molecule has 1 saturated carbocycles. The normalized spacial score (nSPS) is 15.7. The van der Waals surface area contributed by atoms with Gasteiger partial charge < -0.3 is 10.6 Å². The van der Waals surface area contributed by atoms with Gasteiger partial charge in [-0.25, -0.2) is 0 Å². The van der Waals surface area contributed by atoms with Crippen molar-refractivity contribution in [1.82, 2.24) is 4.90 Å². The maximum Gasteiger partial charge on any atom is 0.224 e. The molecule has 1 fully saturated rings. The lowest BCUT2D eigenvalue weighted by Crippen LogP contribution is -2.34. The Labute approximate surface area is 115 Å². The van der Waals surface area contributed by atoms with Gasteiger partial charge in [0, 0.05) is 25.0 Å². The Balaban J connectivity index is 0.00000162. The van der Waals surface area contributed by atoms with Gasteiger partial charge in [-0.05, 0) is 25.3 Å². The van der Waals surface area contributed by atoms with E-state index >= 15 is 0 Å². The molecule has 0 spiro atoms. The molecule has 100 valence electrons. The van der Waals surface area contributed by atoms with E-state index in [1.807, 2.05) is 42.2 Å². The lowest BCUT2D eigenvalue weighted by Gasteiger charge is -2.22. The van der Waals surface area contributed by atoms with Crippen LogP contribution in [0.2, 0.25) is 0 Å². The van der Waals surface area contributed by atoms with Crippen LogP contribution < -0.4 is 5.73 Å². The maximum atomic E-state index is 12.1. The van der Waals surface area contributed by atoms with E-state index in [4.69, 9.17) is 5.73 Å². The molecule has 1 aromatic carbocycles. The molecular formula is C14H21ClN2O. The van der Waals surface area contributed by atoms with Crippen molar-refractivity contribution in [2.45, 2.75) is 38.3 Å². The minimum atomic E-state index is -0.184. The van der Waals surface area contributed by atoms with Crippen molar-refractivity contribution >= 4 is 18.3 Å². The van der Waals surface area contributed by atoms with Gasteiger partial charge in [0.2, 0.25) is 5.91 Å². The summed E-state index contributed by atoms with van der Waals surface area (Å²) in [5.41, 5.74) is 7.10. The van der Waals surface area contributed by atoms with Crippen LogP contribution in [0.25, 0.3) is 0 Å². The maximum absolute atomic E-state index is 12.1. The van der Waals surface area contributed by atoms with E-state index in [1.54, 1.807) is 0 Å². The predicted molar refractivity (Wildman–Crippen MR) is 75.6 cm³/mol. The summed E-state index contributed by atoms with van der Waals surface area (Å²) in [7, 11) is 0. The van der Waals surface area contributed by atoms with Gasteiger partial charge in [0.1, 0.15) is 0 Å². The minimum Gasteiger partial charge on any atom is -0.340 e. The summed E-state index contributed by atoms with van der Waals surface area (Å²) in [6.45, 7) is 2.83. The molecule has 1 aliphatic rings. The van der Waals surface area contributed by atoms with Crippen molar-refractivity contribution in [1.29, 1.82) is 0 Å². The Hall–Kier alpha value is -1.06. The van der Waals surface area contributed by atoms with Crippen LogP contribution >= 0.6 is 12.4 Å². The molecule has 0 bridgehead atoms. The first-order chi connectivity index (χ1) is 8.22. The molecule has 18 heavy (non-hydrogen) atoms. The first kappa shape index (κ1) is 15.0. The Morgan fingerprint density at radius 3 is 2.50 bits per heavy atom. The van der Waals surface area contributed by atoms with Crippen molar-refractivity contribution in [3.8, 4) is 0 Å². The molecule has 1 unspecified atom stereocenters. The highest BCUT2D eigenvalue weighted by Crippen LogP contribution is 2.28. The Bertz CT molecular complexity index is 379. The highest BCUT2D eigenvalue weighted by molar-refractivity contribution is 5.85. The van der Waals surface area contributed by atoms with E-state index in [1.165, 1.54) is 0 Å². The second-order valence-corrected chi connectivity index (χ2v) is 4.63. The van der Waals surface area contributed by atoms with Gasteiger partial charge in [-0.1, -0.05) is 30.3 Å². The molecule has 0 heterocycles. The molecule has 1 aliphatic carbocycles. The zero-order valence-electron chi connectivity index (χ0n) is 10.7. The topological polar surface area (TPSA) is 46.3 Å². The van der Waals surface area contributed by atoms with E-state index in [0.29, 0.717) is 12.5 Å². The fourth-order valence-corrected chi connectivity index (χ4v) is 2.15. The molecule has 0 saturated heterocycles. The summed E-state index contributed by atoms with van der Waals surface area (Å²) in [6, 6.07) is 10.1. The fraction of sp³-hybridized carbons (Fsp3) is 0.500. The Morgan fingerprint density at radius 1 is 1.39 bits per heavy atom. The minimum absolute atomic E-state index is 0. The van der Waals surface area contributed by atoms with E-state index in [2.05, 4.69) is 0 Å². The summed E-state index contributed by atoms with van der Waals surface area (Å²) in [6.07, 6.45) is 2.72. The zero-order chi connectivity index (χ0) is 12.3. The predicted octanol–water partition coefficient (Wildman–Crippen LogP) is 2.51. The molecule has 0 aliphatic heterocycles. The molecule has 4 heteroatoms. The van der Waals surface area contributed by atoms with E-state index in [0.717, 1.165) is 24.9 Å². The standard InChI is InChI=1S/C14H20N2O.ClH/c1-2-16(12-8-9-12)14(17)10-13(15)11-6-4-3-5-7-11;/h3-7,12-13H,2,8-10,15H2,1H3;1H. The SMILES string of the molecule is CCN(C(=O)CC(N)c1ccccc1)C1CC1.Cl. The van der Waals surface area contributed by atoms with Crippen molar-refractivity contribution < 1.29 is 4.79 Å². The largest absolute Gasteiger partial charge is 0.340 e. The van der Waals surface area contributed by atoms with Gasteiger partial charge in [-0.3, -0.25) is 4.79 Å². The molecule has 2 rings (SSSR count). The molecule has 1 atom stereocenters. The number of rotatable bonds is 5. The van der Waals surface area contributed by atoms with Crippen LogP contribution in [0.1, 0.15) is 37.8 Å². The summed E-state index contributed by atoms with van der Waals surface area (Å²) >= 11 is 0. The molecule has 3 nitrogen and oxygen atoms in total. The monoisotopic (exact) mass is 268 g/mol. The average molecular weight is 269 g/mol. The number of carbonyl (C=O) groups is 1. The summed E-state index contributed by atoms with van der Waals surface area (Å²) in [4.78, 5) is 14.0. The third kappa shape index (κ3) is 3.72. The van der Waals surface area contributed by atoms with Crippen LogP contribution in [0.5, 0.6) is 0 Å². The number of hydrogen-bond donors (Lipinski definition) is 1. The van der Waals surface area contributed by atoms with Crippen molar-refractivity contribution in [3.05, 3.63) is 35.9 Å². The summed E-state index contributed by atoms with van der Waals surface area (Å²) in [5, 5.41) is 0. The highest BCUT2D eigenvalue weighted by Gasteiger charge is 2.31. The van der Waals surface area contributed by atoms with Gasteiger partial charge in [-0.15, -0.1) is 12.4 Å². The lowest BCUT2D eigenvalue weighted by atomic mass is 10.0. The van der Waals surface area contributed by atoms with E-state index < -0.39 is 0 Å². The molecule has 2 N–H and O–H groups in total. The van der Waals surface area contributed by atoms with Crippen LogP contribution in [0.3, 0.4) is 0 Å². The smallest absolute Gasteiger partial charge is 0.224 e. The zero-order valence-corrected chi connectivity index (χ0v) is 11.5. The van der Waals surface area contributed by atoms with Crippen molar-refractivity contribution in [2.75, 3.05) is 6.54 Å². The molecule has 0 aromatic heterocycles. The van der Waals surface area contributed by atoms with E-state index in [-0.39, 0.29) is 24.4 Å². The summed E-state index contributed by atoms with van der Waals surface area (Å²) in [5.74, 6) is 0.186. The average Bonchev–Trinajstić information content (AvgIpc) is 3.15. The lowest BCUT2D eigenvalue weighted by molar-refractivity contribution is -0.131. The first-order valence-corrected chi connectivity index (χ1v) is 6.32. The highest BCUT2D eigenvalue weighted by atomic mass is 35.5. The van der Waals surface area contributed by atoms with Crippen LogP contribution in [0.4, 0.5) is 0 Å². The molecule has 1 aromatic rings. The third-order valence-electron chi connectivity index (χ3n) is 3.27. The summed E-state index contributed by atoms with van der Waals surface area (Å²) < 4.78 is 0. The Kier molecular flexibility index (Phi) is 5.63. The first-order valence-electron chi connectivity index (χ1n) is 6.32. The number of carbonyl (C=O) groups excluding carboxylic acids is 1. The van der Waals surface area contributed by atoms with Gasteiger partial charge in [0.15, 0.2) is 0 Å². The number of hydrogen-bond acceptors (Lipinski definition) is 2. The van der Waals surface area contributed by atoms with E-state index in [9.17, 15) is 4.79 Å². The number of amides is 1. The molecule has 1 amide bonds. The fourth-order valence-electron chi connectivity index (χ4n) is 2.15.